The molecule has 2 rings (SSSR count). The highest BCUT2D eigenvalue weighted by molar-refractivity contribution is 5.72. The van der Waals surface area contributed by atoms with Crippen molar-refractivity contribution in [2.75, 3.05) is 32.8 Å². The van der Waals surface area contributed by atoms with Crippen molar-refractivity contribution in [2.45, 2.75) is 52.1 Å². The zero-order chi connectivity index (χ0) is 19.2. The maximum atomic E-state index is 11.8. The average Bonchev–Trinajstić information content (AvgIpc) is 2.60. The van der Waals surface area contributed by atoms with Gasteiger partial charge in [-0.2, -0.15) is 0 Å². The predicted molar refractivity (Wildman–Crippen MR) is 102 cm³/mol. The Balaban J connectivity index is 0.00000364. The molecule has 0 bridgehead atoms. The van der Waals surface area contributed by atoms with Gasteiger partial charge in [-0.25, -0.2) is 0 Å². The first-order valence-corrected chi connectivity index (χ1v) is 9.60. The number of aliphatic hydroxyl groups is 1. The average molecular weight is 399 g/mol. The highest BCUT2D eigenvalue weighted by Crippen LogP contribution is 2.24. The van der Waals surface area contributed by atoms with Crippen LogP contribution in [-0.2, 0) is 14.9 Å². The Bertz CT molecular complexity index is 563. The Morgan fingerprint density at radius 1 is 1.22 bits per heavy atom. The lowest BCUT2D eigenvalue weighted by Crippen LogP contribution is -3.00. The quantitative estimate of drug-likeness (QED) is 0.655. The van der Waals surface area contributed by atoms with E-state index in [1.54, 1.807) is 0 Å². The van der Waals surface area contributed by atoms with E-state index in [0.29, 0.717) is 13.2 Å². The molecule has 1 unspecified atom stereocenters. The first-order valence-electron chi connectivity index (χ1n) is 9.60. The fourth-order valence-corrected chi connectivity index (χ4v) is 3.21. The molecule has 1 fully saturated rings. The van der Waals surface area contributed by atoms with Crippen molar-refractivity contribution in [2.24, 2.45) is 5.92 Å². The van der Waals surface area contributed by atoms with E-state index in [2.05, 4.69) is 37.8 Å². The van der Waals surface area contributed by atoms with Gasteiger partial charge in [-0.15, -0.1) is 0 Å². The standard InChI is InChI=1S/C21H33NO4.ClH/c1-5-25-20(24)16-10-12-22(13-11-16)14-18(23)15-26-19-8-6-17(7-9-19)21(2,3)4;/h6-9,16,18,23H,5,10-15H2,1-4H3;1H/p-1. The van der Waals surface area contributed by atoms with E-state index in [4.69, 9.17) is 9.47 Å². The fraction of sp³-hybridized carbons (Fsp3) is 0.667. The van der Waals surface area contributed by atoms with Crippen LogP contribution in [-0.4, -0.2) is 54.9 Å². The number of hydrogen-bond donors (Lipinski definition) is 1. The number of halogens is 1. The number of esters is 1. The molecule has 1 aromatic carbocycles. The summed E-state index contributed by atoms with van der Waals surface area (Å²) in [6.45, 7) is 11.3. The summed E-state index contributed by atoms with van der Waals surface area (Å²) in [5.74, 6) is 0.689. The highest BCUT2D eigenvalue weighted by Gasteiger charge is 2.26. The van der Waals surface area contributed by atoms with E-state index in [1.165, 1.54) is 5.56 Å². The summed E-state index contributed by atoms with van der Waals surface area (Å²) in [5, 5.41) is 10.2. The minimum atomic E-state index is -0.545. The maximum Gasteiger partial charge on any atom is 0.309 e. The highest BCUT2D eigenvalue weighted by atomic mass is 35.5. The number of likely N-dealkylation sites (tertiary alicyclic amines) is 1. The molecule has 1 saturated heterocycles. The smallest absolute Gasteiger partial charge is 0.309 e. The largest absolute Gasteiger partial charge is 1.00 e. The Kier molecular flexibility index (Phi) is 9.57. The molecular weight excluding hydrogens is 366 g/mol. The van der Waals surface area contributed by atoms with Crippen LogP contribution >= 0.6 is 0 Å². The van der Waals surface area contributed by atoms with Gasteiger partial charge >= 0.3 is 5.97 Å². The van der Waals surface area contributed by atoms with Crippen LogP contribution in [0.25, 0.3) is 0 Å². The van der Waals surface area contributed by atoms with Crippen molar-refractivity contribution in [3.63, 3.8) is 0 Å². The summed E-state index contributed by atoms with van der Waals surface area (Å²) >= 11 is 0. The van der Waals surface area contributed by atoms with E-state index in [0.717, 1.165) is 31.7 Å². The molecule has 0 saturated carbocycles. The molecule has 1 aliphatic heterocycles. The van der Waals surface area contributed by atoms with E-state index in [-0.39, 0.29) is 36.3 Å². The van der Waals surface area contributed by atoms with Crippen LogP contribution in [0.4, 0.5) is 0 Å². The van der Waals surface area contributed by atoms with Gasteiger partial charge in [0.2, 0.25) is 0 Å². The Labute approximate surface area is 169 Å². The number of carbonyl (C=O) groups is 1. The molecule has 1 atom stereocenters. The molecule has 1 aliphatic rings. The van der Waals surface area contributed by atoms with Gasteiger partial charge in [0.05, 0.1) is 12.5 Å². The Morgan fingerprint density at radius 3 is 2.33 bits per heavy atom. The maximum absolute atomic E-state index is 11.8. The lowest BCUT2D eigenvalue weighted by atomic mass is 9.87. The van der Waals surface area contributed by atoms with Crippen LogP contribution < -0.4 is 17.1 Å². The van der Waals surface area contributed by atoms with Gasteiger partial charge in [0.25, 0.3) is 0 Å². The fourth-order valence-electron chi connectivity index (χ4n) is 3.21. The minimum Gasteiger partial charge on any atom is -1.00 e. The number of carbonyl (C=O) groups excluding carboxylic acids is 1. The SMILES string of the molecule is CCOC(=O)C1CCN(CC(O)COc2ccc(C(C)(C)C)cc2)CC1.[Cl-]. The zero-order valence-corrected chi connectivity index (χ0v) is 17.7. The lowest BCUT2D eigenvalue weighted by Gasteiger charge is -2.32. The third-order valence-corrected chi connectivity index (χ3v) is 4.84. The molecule has 0 spiro atoms. The summed E-state index contributed by atoms with van der Waals surface area (Å²) in [6.07, 6.45) is 1.04. The van der Waals surface area contributed by atoms with Gasteiger partial charge in [-0.3, -0.25) is 4.79 Å². The van der Waals surface area contributed by atoms with Gasteiger partial charge in [-0.1, -0.05) is 32.9 Å². The topological polar surface area (TPSA) is 59.0 Å². The summed E-state index contributed by atoms with van der Waals surface area (Å²) in [5.41, 5.74) is 1.38. The molecule has 0 aliphatic carbocycles. The zero-order valence-electron chi connectivity index (χ0n) is 16.9. The van der Waals surface area contributed by atoms with E-state index < -0.39 is 6.10 Å². The molecule has 1 N–H and O–H groups in total. The number of hydrogen-bond acceptors (Lipinski definition) is 5. The monoisotopic (exact) mass is 398 g/mol. The van der Waals surface area contributed by atoms with Crippen LogP contribution in [0.3, 0.4) is 0 Å². The van der Waals surface area contributed by atoms with Crippen LogP contribution in [0, 0.1) is 5.92 Å². The third-order valence-electron chi connectivity index (χ3n) is 4.84. The summed E-state index contributed by atoms with van der Waals surface area (Å²) < 4.78 is 10.8. The lowest BCUT2D eigenvalue weighted by molar-refractivity contribution is -0.149. The number of benzene rings is 1. The van der Waals surface area contributed by atoms with Gasteiger partial charge in [0.1, 0.15) is 18.5 Å². The van der Waals surface area contributed by atoms with Crippen molar-refractivity contribution in [3.8, 4) is 5.75 Å². The van der Waals surface area contributed by atoms with Crippen LogP contribution in [0.15, 0.2) is 24.3 Å². The van der Waals surface area contributed by atoms with Crippen molar-refractivity contribution in [1.29, 1.82) is 0 Å². The normalized spacial score (nSPS) is 17.1. The summed E-state index contributed by atoms with van der Waals surface area (Å²) in [7, 11) is 0. The van der Waals surface area contributed by atoms with Crippen molar-refractivity contribution in [1.82, 2.24) is 4.90 Å². The van der Waals surface area contributed by atoms with Crippen molar-refractivity contribution in [3.05, 3.63) is 29.8 Å². The van der Waals surface area contributed by atoms with Crippen LogP contribution in [0.2, 0.25) is 0 Å². The second-order valence-electron chi connectivity index (χ2n) is 8.07. The molecule has 0 amide bonds. The molecule has 5 nitrogen and oxygen atoms in total. The molecule has 27 heavy (non-hydrogen) atoms. The molecule has 1 heterocycles. The first kappa shape index (κ1) is 23.7. The van der Waals surface area contributed by atoms with Gasteiger partial charge < -0.3 is 31.9 Å². The van der Waals surface area contributed by atoms with Crippen molar-refractivity contribution >= 4 is 5.97 Å². The molecular formula is C21H33ClNO4-. The molecule has 6 heteroatoms. The molecule has 0 radical (unpaired) electrons. The van der Waals surface area contributed by atoms with Crippen LogP contribution in [0.1, 0.15) is 46.1 Å². The third kappa shape index (κ3) is 7.68. The van der Waals surface area contributed by atoms with Gasteiger partial charge in [-0.05, 0) is 56.0 Å². The van der Waals surface area contributed by atoms with E-state index in [1.807, 2.05) is 19.1 Å². The summed E-state index contributed by atoms with van der Waals surface area (Å²) in [4.78, 5) is 13.9. The second-order valence-corrected chi connectivity index (χ2v) is 8.07. The molecule has 0 aromatic heterocycles. The number of piperidine rings is 1. The van der Waals surface area contributed by atoms with Gasteiger partial charge in [0.15, 0.2) is 0 Å². The van der Waals surface area contributed by atoms with Crippen molar-refractivity contribution < 1.29 is 31.8 Å². The Morgan fingerprint density at radius 2 is 1.81 bits per heavy atom. The van der Waals surface area contributed by atoms with E-state index >= 15 is 0 Å². The summed E-state index contributed by atoms with van der Waals surface area (Å²) in [6, 6.07) is 8.06. The second kappa shape index (κ2) is 10.9. The number of nitrogens with zero attached hydrogens (tertiary/aromatic N) is 1. The number of aliphatic hydroxyl groups excluding tert-OH is 1. The van der Waals surface area contributed by atoms with E-state index in [9.17, 15) is 9.90 Å². The minimum absolute atomic E-state index is 0. The number of ether oxygens (including phenoxy) is 2. The van der Waals surface area contributed by atoms with Gasteiger partial charge in [0, 0.05) is 6.54 Å². The molecule has 154 valence electrons. The molecule has 1 aromatic rings. The Hall–Kier alpha value is -1.30. The van der Waals surface area contributed by atoms with Crippen LogP contribution in [0.5, 0.6) is 5.75 Å². The first-order chi connectivity index (χ1) is 12.3. The number of rotatable bonds is 7. The predicted octanol–water partition coefficient (Wildman–Crippen LogP) is 0.00290. The number of β-amino-alcohol motifs (C(OH)–C–C–N with tert-alkyl or cyclic N) is 1.